The highest BCUT2D eigenvalue weighted by molar-refractivity contribution is 6.48. The van der Waals surface area contributed by atoms with E-state index in [1.807, 2.05) is 6.92 Å². The summed E-state index contributed by atoms with van der Waals surface area (Å²) >= 11 is 0. The molecule has 0 saturated carbocycles. The van der Waals surface area contributed by atoms with Gasteiger partial charge in [0.25, 0.3) is 0 Å². The highest BCUT2D eigenvalue weighted by atomic mass is 28.3. The molecular weight excluding hydrogens is 388 g/mol. The number of rotatable bonds is 8. The van der Waals surface area contributed by atoms with Gasteiger partial charge in [0.1, 0.15) is 12.4 Å². The number of carbonyl (C=O) groups is 3. The van der Waals surface area contributed by atoms with E-state index in [4.69, 9.17) is 9.16 Å². The summed E-state index contributed by atoms with van der Waals surface area (Å²) in [6.45, 7) is 17.0. The number of ketones is 1. The van der Waals surface area contributed by atoms with Crippen LogP contribution >= 0.6 is 0 Å². The third-order valence-corrected chi connectivity index (χ3v) is 7.18. The lowest BCUT2D eigenvalue weighted by Crippen LogP contribution is -2.70. The number of amides is 2. The van der Waals surface area contributed by atoms with Crippen LogP contribution in [0.1, 0.15) is 40.5 Å². The van der Waals surface area contributed by atoms with E-state index in [-0.39, 0.29) is 48.0 Å². The first-order chi connectivity index (χ1) is 13.4. The third kappa shape index (κ3) is 5.09. The van der Waals surface area contributed by atoms with Crippen molar-refractivity contribution in [3.63, 3.8) is 0 Å². The summed E-state index contributed by atoms with van der Waals surface area (Å²) in [4.78, 5) is 38.9. The van der Waals surface area contributed by atoms with Crippen LogP contribution in [0.4, 0.5) is 4.79 Å². The van der Waals surface area contributed by atoms with E-state index in [0.29, 0.717) is 19.5 Å². The van der Waals surface area contributed by atoms with Gasteiger partial charge in [-0.15, -0.1) is 0 Å². The van der Waals surface area contributed by atoms with Crippen LogP contribution in [-0.4, -0.2) is 63.1 Å². The van der Waals surface area contributed by atoms with Crippen molar-refractivity contribution < 1.29 is 23.5 Å². The average Bonchev–Trinajstić information content (AvgIpc) is 3.07. The van der Waals surface area contributed by atoms with E-state index in [1.54, 1.807) is 4.90 Å². The van der Waals surface area contributed by atoms with Crippen molar-refractivity contribution in [2.45, 2.75) is 65.3 Å². The molecule has 0 aromatic heterocycles. The molecule has 1 N–H and O–H groups in total. The molecule has 2 saturated heterocycles. The maximum absolute atomic E-state index is 12.9. The van der Waals surface area contributed by atoms with E-state index in [2.05, 4.69) is 45.8 Å². The molecule has 4 atom stereocenters. The molecule has 0 radical (unpaired) electrons. The molecule has 0 bridgehead atoms. The molecule has 2 amide bonds. The second-order valence-corrected chi connectivity index (χ2v) is 11.9. The van der Waals surface area contributed by atoms with Gasteiger partial charge in [0.05, 0.1) is 17.6 Å². The lowest BCUT2D eigenvalue weighted by molar-refractivity contribution is -0.160. The van der Waals surface area contributed by atoms with Gasteiger partial charge in [0.2, 0.25) is 5.91 Å². The van der Waals surface area contributed by atoms with Crippen LogP contribution in [0.2, 0.25) is 13.1 Å². The molecule has 7 nitrogen and oxygen atoms in total. The Bertz CT molecular complexity index is 660. The van der Waals surface area contributed by atoms with Gasteiger partial charge in [-0.2, -0.15) is 0 Å². The molecule has 0 unspecified atom stereocenters. The van der Waals surface area contributed by atoms with Crippen molar-refractivity contribution in [3.05, 3.63) is 12.7 Å². The van der Waals surface area contributed by atoms with E-state index in [0.717, 1.165) is 0 Å². The molecule has 2 aliphatic heterocycles. The minimum Gasteiger partial charge on any atom is -0.445 e. The Morgan fingerprint density at radius 1 is 1.31 bits per heavy atom. The molecular formula is C21H36N2O5Si. The predicted octanol–water partition coefficient (Wildman–Crippen LogP) is 2.51. The Balaban J connectivity index is 2.02. The van der Waals surface area contributed by atoms with Crippen LogP contribution in [0.15, 0.2) is 12.7 Å². The Hall–Kier alpha value is -1.67. The van der Waals surface area contributed by atoms with Gasteiger partial charge in [-0.25, -0.2) is 4.79 Å². The molecule has 8 heteroatoms. The van der Waals surface area contributed by atoms with Crippen molar-refractivity contribution in [1.82, 2.24) is 10.2 Å². The predicted molar refractivity (Wildman–Crippen MR) is 114 cm³/mol. The van der Waals surface area contributed by atoms with Crippen LogP contribution < -0.4 is 5.32 Å². The van der Waals surface area contributed by atoms with Gasteiger partial charge < -0.3 is 19.4 Å². The molecule has 2 fully saturated rings. The Morgan fingerprint density at radius 2 is 1.97 bits per heavy atom. The lowest BCUT2D eigenvalue weighted by atomic mass is 9.63. The standard InChI is InChI=1S/C21H36N2O5Si/c1-8-11-27-19(26)23-10-9-14(13-23)16(24)12-15-17(18(25)22-15)21(5,20(2,3)4)28-29(6)7/h8,14-15,17,29H,1,9-13H2,2-7H3,(H,22,25)/t14-,15+,17+,21+/m0/s1. The topological polar surface area (TPSA) is 84.9 Å². The zero-order valence-electron chi connectivity index (χ0n) is 18.6. The Morgan fingerprint density at radius 3 is 2.48 bits per heavy atom. The van der Waals surface area contributed by atoms with Gasteiger partial charge in [-0.05, 0) is 31.9 Å². The molecule has 29 heavy (non-hydrogen) atoms. The maximum Gasteiger partial charge on any atom is 0.410 e. The fourth-order valence-corrected chi connectivity index (χ4v) is 5.72. The first-order valence-electron chi connectivity index (χ1n) is 10.4. The number of ether oxygens (including phenoxy) is 1. The smallest absolute Gasteiger partial charge is 0.410 e. The molecule has 2 heterocycles. The normalized spacial score (nSPS) is 26.5. The number of Topliss-reactive ketones (excluding diaryl/α,β-unsaturated/α-hetero) is 1. The minimum absolute atomic E-state index is 0.0454. The summed E-state index contributed by atoms with van der Waals surface area (Å²) in [5, 5.41) is 2.92. The fraction of sp³-hybridized carbons (Fsp3) is 0.762. The van der Waals surface area contributed by atoms with Crippen LogP contribution in [0, 0.1) is 17.3 Å². The summed E-state index contributed by atoms with van der Waals surface area (Å²) in [7, 11) is -1.40. The van der Waals surface area contributed by atoms with Crippen LogP contribution in [0.25, 0.3) is 0 Å². The molecule has 0 aromatic rings. The number of nitrogens with zero attached hydrogens (tertiary/aromatic N) is 1. The number of carbonyl (C=O) groups excluding carboxylic acids is 3. The van der Waals surface area contributed by atoms with E-state index in [9.17, 15) is 14.4 Å². The minimum atomic E-state index is -1.40. The van der Waals surface area contributed by atoms with E-state index < -0.39 is 20.7 Å². The second kappa shape index (κ2) is 9.00. The SMILES string of the molecule is C=CCOC(=O)N1CC[C@H](C(=O)C[C@H]2NC(=O)[C@@H]2[C@@](C)(O[SiH](C)C)C(C)(C)C)C1. The number of likely N-dealkylation sites (tertiary alicyclic amines) is 1. The van der Waals surface area contributed by atoms with Gasteiger partial charge in [0, 0.05) is 25.4 Å². The van der Waals surface area contributed by atoms with Gasteiger partial charge in [-0.1, -0.05) is 33.4 Å². The van der Waals surface area contributed by atoms with Crippen molar-refractivity contribution in [2.24, 2.45) is 17.3 Å². The van der Waals surface area contributed by atoms with Crippen molar-refractivity contribution in [1.29, 1.82) is 0 Å². The molecule has 0 aliphatic carbocycles. The number of hydrogen-bond donors (Lipinski definition) is 1. The molecule has 2 rings (SSSR count). The molecule has 164 valence electrons. The monoisotopic (exact) mass is 424 g/mol. The Kier molecular flexibility index (Phi) is 7.32. The van der Waals surface area contributed by atoms with Crippen molar-refractivity contribution >= 4 is 26.8 Å². The number of hydrogen-bond acceptors (Lipinski definition) is 5. The first-order valence-corrected chi connectivity index (χ1v) is 13.2. The zero-order valence-corrected chi connectivity index (χ0v) is 19.8. The highest BCUT2D eigenvalue weighted by Gasteiger charge is 2.57. The van der Waals surface area contributed by atoms with Gasteiger partial charge >= 0.3 is 6.09 Å². The lowest BCUT2D eigenvalue weighted by Gasteiger charge is -2.54. The van der Waals surface area contributed by atoms with E-state index >= 15 is 0 Å². The summed E-state index contributed by atoms with van der Waals surface area (Å²) in [5.41, 5.74) is -0.871. The van der Waals surface area contributed by atoms with Gasteiger partial charge in [0.15, 0.2) is 9.04 Å². The summed E-state index contributed by atoms with van der Waals surface area (Å²) in [5.74, 6) is -0.532. The number of β-lactam (4-membered cyclic amide) rings is 1. The second-order valence-electron chi connectivity index (χ2n) is 9.58. The van der Waals surface area contributed by atoms with Crippen molar-refractivity contribution in [2.75, 3.05) is 19.7 Å². The summed E-state index contributed by atoms with van der Waals surface area (Å²) in [6, 6.07) is -0.228. The Labute approximate surface area is 175 Å². The third-order valence-electron chi connectivity index (χ3n) is 6.22. The van der Waals surface area contributed by atoms with Crippen molar-refractivity contribution in [3.8, 4) is 0 Å². The maximum atomic E-state index is 12.9. The number of nitrogens with one attached hydrogen (secondary N) is 1. The summed E-state index contributed by atoms with van der Waals surface area (Å²) < 4.78 is 11.4. The highest BCUT2D eigenvalue weighted by Crippen LogP contribution is 2.45. The fourth-order valence-electron chi connectivity index (χ4n) is 4.25. The summed E-state index contributed by atoms with van der Waals surface area (Å²) in [6.07, 6.45) is 2.00. The quantitative estimate of drug-likeness (QED) is 0.368. The van der Waals surface area contributed by atoms with E-state index in [1.165, 1.54) is 6.08 Å². The first kappa shape index (κ1) is 23.6. The van der Waals surface area contributed by atoms with Gasteiger partial charge in [-0.3, -0.25) is 9.59 Å². The molecule has 0 aromatic carbocycles. The average molecular weight is 425 g/mol. The van der Waals surface area contributed by atoms with Crippen LogP contribution in [-0.2, 0) is 18.8 Å². The largest absolute Gasteiger partial charge is 0.445 e. The zero-order chi connectivity index (χ0) is 22.0. The van der Waals surface area contributed by atoms with Crippen LogP contribution in [0.5, 0.6) is 0 Å². The molecule has 0 spiro atoms. The molecule has 2 aliphatic rings. The van der Waals surface area contributed by atoms with Crippen LogP contribution in [0.3, 0.4) is 0 Å².